The van der Waals surface area contributed by atoms with E-state index in [1.165, 1.54) is 12.3 Å². The predicted octanol–water partition coefficient (Wildman–Crippen LogP) is 1.31. The Bertz CT molecular complexity index is 338. The lowest BCUT2D eigenvalue weighted by molar-refractivity contribution is 0.618. The van der Waals surface area contributed by atoms with Crippen molar-refractivity contribution >= 4 is 0 Å². The molecular formula is C10H11FN2. The SMILES string of the molecule is CCC(N)C#Cc1ccncc1F. The molecule has 0 aliphatic heterocycles. The van der Waals surface area contributed by atoms with Gasteiger partial charge in [0, 0.05) is 6.20 Å². The quantitative estimate of drug-likeness (QED) is 0.658. The maximum absolute atomic E-state index is 12.9. The summed E-state index contributed by atoms with van der Waals surface area (Å²) >= 11 is 0. The van der Waals surface area contributed by atoms with Crippen molar-refractivity contribution in [3.8, 4) is 11.8 Å². The van der Waals surface area contributed by atoms with Gasteiger partial charge in [0.15, 0.2) is 5.82 Å². The van der Waals surface area contributed by atoms with Crippen molar-refractivity contribution in [1.82, 2.24) is 4.98 Å². The third kappa shape index (κ3) is 2.85. The van der Waals surface area contributed by atoms with Crippen LogP contribution in [0.15, 0.2) is 18.5 Å². The van der Waals surface area contributed by atoms with Crippen LogP contribution in [0.3, 0.4) is 0 Å². The summed E-state index contributed by atoms with van der Waals surface area (Å²) in [6.07, 6.45) is 3.41. The van der Waals surface area contributed by atoms with Crippen molar-refractivity contribution in [3.05, 3.63) is 29.8 Å². The number of aromatic nitrogens is 1. The van der Waals surface area contributed by atoms with Gasteiger partial charge >= 0.3 is 0 Å². The summed E-state index contributed by atoms with van der Waals surface area (Å²) in [5.41, 5.74) is 5.91. The molecule has 0 spiro atoms. The molecule has 1 aromatic rings. The second kappa shape index (κ2) is 4.58. The minimum Gasteiger partial charge on any atom is -0.318 e. The van der Waals surface area contributed by atoms with Gasteiger partial charge in [-0.15, -0.1) is 0 Å². The summed E-state index contributed by atoms with van der Waals surface area (Å²) in [5, 5.41) is 0. The Kier molecular flexibility index (Phi) is 3.41. The second-order valence-electron chi connectivity index (χ2n) is 2.64. The lowest BCUT2D eigenvalue weighted by Gasteiger charge is -1.96. The van der Waals surface area contributed by atoms with Crippen LogP contribution in [0.5, 0.6) is 0 Å². The van der Waals surface area contributed by atoms with E-state index in [0.717, 1.165) is 12.6 Å². The third-order valence-electron chi connectivity index (χ3n) is 1.60. The summed E-state index contributed by atoms with van der Waals surface area (Å²) in [7, 11) is 0. The molecule has 0 aliphatic carbocycles. The number of halogens is 1. The number of nitrogens with zero attached hydrogens (tertiary/aromatic N) is 1. The Hall–Kier alpha value is -1.40. The van der Waals surface area contributed by atoms with E-state index in [4.69, 9.17) is 5.73 Å². The molecule has 68 valence electrons. The third-order valence-corrected chi connectivity index (χ3v) is 1.60. The number of hydrogen-bond acceptors (Lipinski definition) is 2. The lowest BCUT2D eigenvalue weighted by atomic mass is 10.2. The Morgan fingerprint density at radius 2 is 2.46 bits per heavy atom. The van der Waals surface area contributed by atoms with Crippen molar-refractivity contribution in [3.63, 3.8) is 0 Å². The van der Waals surface area contributed by atoms with Gasteiger partial charge in [0.1, 0.15) is 0 Å². The average molecular weight is 178 g/mol. The van der Waals surface area contributed by atoms with Crippen LogP contribution in [0.4, 0.5) is 4.39 Å². The van der Waals surface area contributed by atoms with E-state index in [-0.39, 0.29) is 6.04 Å². The van der Waals surface area contributed by atoms with Crippen molar-refractivity contribution in [2.45, 2.75) is 19.4 Å². The van der Waals surface area contributed by atoms with Crippen molar-refractivity contribution in [1.29, 1.82) is 0 Å². The zero-order valence-electron chi connectivity index (χ0n) is 7.42. The fourth-order valence-electron chi connectivity index (χ4n) is 0.749. The van der Waals surface area contributed by atoms with Crippen molar-refractivity contribution < 1.29 is 4.39 Å². The maximum Gasteiger partial charge on any atom is 0.157 e. The van der Waals surface area contributed by atoms with Crippen LogP contribution >= 0.6 is 0 Å². The zero-order valence-corrected chi connectivity index (χ0v) is 7.42. The molecule has 0 aromatic carbocycles. The first-order valence-electron chi connectivity index (χ1n) is 4.10. The number of rotatable bonds is 1. The highest BCUT2D eigenvalue weighted by atomic mass is 19.1. The van der Waals surface area contributed by atoms with E-state index in [1.807, 2.05) is 6.92 Å². The summed E-state index contributed by atoms with van der Waals surface area (Å²) in [6, 6.07) is 1.35. The van der Waals surface area contributed by atoms with Gasteiger partial charge in [0.05, 0.1) is 17.8 Å². The van der Waals surface area contributed by atoms with E-state index in [1.54, 1.807) is 0 Å². The molecule has 2 N–H and O–H groups in total. The molecular weight excluding hydrogens is 167 g/mol. The molecule has 0 amide bonds. The molecule has 1 heterocycles. The van der Waals surface area contributed by atoms with Gasteiger partial charge in [-0.25, -0.2) is 4.39 Å². The molecule has 3 heteroatoms. The molecule has 0 saturated heterocycles. The fourth-order valence-corrected chi connectivity index (χ4v) is 0.749. The first kappa shape index (κ1) is 9.69. The normalized spacial score (nSPS) is 11.6. The summed E-state index contributed by atoms with van der Waals surface area (Å²) in [6.45, 7) is 1.93. The molecule has 0 saturated carbocycles. The maximum atomic E-state index is 12.9. The molecule has 1 rings (SSSR count). The first-order chi connectivity index (χ1) is 6.24. The van der Waals surface area contributed by atoms with Crippen LogP contribution in [0.25, 0.3) is 0 Å². The minimum absolute atomic E-state index is 0.187. The monoisotopic (exact) mass is 178 g/mol. The largest absolute Gasteiger partial charge is 0.318 e. The highest BCUT2D eigenvalue weighted by Crippen LogP contribution is 2.01. The van der Waals surface area contributed by atoms with Gasteiger partial charge in [0.25, 0.3) is 0 Å². The van der Waals surface area contributed by atoms with Gasteiger partial charge in [-0.1, -0.05) is 18.8 Å². The van der Waals surface area contributed by atoms with Crippen molar-refractivity contribution in [2.75, 3.05) is 0 Å². The molecule has 2 nitrogen and oxygen atoms in total. The fraction of sp³-hybridized carbons (Fsp3) is 0.300. The van der Waals surface area contributed by atoms with Crippen LogP contribution in [-0.2, 0) is 0 Å². The predicted molar refractivity (Wildman–Crippen MR) is 49.3 cm³/mol. The van der Waals surface area contributed by atoms with Crippen LogP contribution in [0, 0.1) is 17.7 Å². The van der Waals surface area contributed by atoms with E-state index < -0.39 is 5.82 Å². The van der Waals surface area contributed by atoms with Gasteiger partial charge in [-0.2, -0.15) is 0 Å². The molecule has 1 atom stereocenters. The van der Waals surface area contributed by atoms with E-state index in [2.05, 4.69) is 16.8 Å². The molecule has 0 fully saturated rings. The second-order valence-corrected chi connectivity index (χ2v) is 2.64. The van der Waals surface area contributed by atoms with Crippen LogP contribution < -0.4 is 5.73 Å². The van der Waals surface area contributed by atoms with E-state index in [0.29, 0.717) is 5.56 Å². The Labute approximate surface area is 77.0 Å². The summed E-state index contributed by atoms with van der Waals surface area (Å²) in [5.74, 6) is 5.02. The standard InChI is InChI=1S/C10H11FN2/c1-2-9(12)4-3-8-5-6-13-7-10(8)11/h5-7,9H,2,12H2,1H3. The first-order valence-corrected chi connectivity index (χ1v) is 4.10. The van der Waals surface area contributed by atoms with Crippen LogP contribution in [0.2, 0.25) is 0 Å². The smallest absolute Gasteiger partial charge is 0.157 e. The Morgan fingerprint density at radius 1 is 1.69 bits per heavy atom. The number of hydrogen-bond donors (Lipinski definition) is 1. The van der Waals surface area contributed by atoms with Gasteiger partial charge in [-0.05, 0) is 12.5 Å². The van der Waals surface area contributed by atoms with Gasteiger partial charge < -0.3 is 5.73 Å². The Balaban J connectivity index is 2.83. The summed E-state index contributed by atoms with van der Waals surface area (Å²) < 4.78 is 12.9. The lowest BCUT2D eigenvalue weighted by Crippen LogP contribution is -2.15. The molecule has 1 aromatic heterocycles. The highest BCUT2D eigenvalue weighted by Gasteiger charge is 1.96. The molecule has 0 aliphatic rings. The van der Waals surface area contributed by atoms with Gasteiger partial charge in [0.2, 0.25) is 0 Å². The minimum atomic E-state index is -0.404. The number of nitrogens with two attached hydrogens (primary N) is 1. The molecule has 1 unspecified atom stereocenters. The van der Waals surface area contributed by atoms with Gasteiger partial charge in [-0.3, -0.25) is 4.98 Å². The topological polar surface area (TPSA) is 38.9 Å². The summed E-state index contributed by atoms with van der Waals surface area (Å²) in [4.78, 5) is 3.62. The molecule has 13 heavy (non-hydrogen) atoms. The number of pyridine rings is 1. The zero-order chi connectivity index (χ0) is 9.68. The average Bonchev–Trinajstić information content (AvgIpc) is 2.16. The Morgan fingerprint density at radius 3 is 3.08 bits per heavy atom. The van der Waals surface area contributed by atoms with E-state index in [9.17, 15) is 4.39 Å². The van der Waals surface area contributed by atoms with Crippen LogP contribution in [-0.4, -0.2) is 11.0 Å². The van der Waals surface area contributed by atoms with Crippen LogP contribution in [0.1, 0.15) is 18.9 Å². The highest BCUT2D eigenvalue weighted by molar-refractivity contribution is 5.34. The van der Waals surface area contributed by atoms with E-state index >= 15 is 0 Å². The van der Waals surface area contributed by atoms with Crippen molar-refractivity contribution in [2.24, 2.45) is 5.73 Å². The molecule has 0 bridgehead atoms. The molecule has 0 radical (unpaired) electrons.